The van der Waals surface area contributed by atoms with Gasteiger partial charge in [0.1, 0.15) is 13.2 Å². The van der Waals surface area contributed by atoms with E-state index in [0.29, 0.717) is 19.3 Å². The molecule has 83 heavy (non-hydrogen) atoms. The molecule has 482 valence electrons. The first-order chi connectivity index (χ1) is 41.0. The molecule has 0 aromatic heterocycles. The van der Waals surface area contributed by atoms with Crippen LogP contribution < -0.4 is 0 Å². The Morgan fingerprint density at radius 2 is 0.470 bits per heavy atom. The number of ether oxygens (including phenoxy) is 3. The van der Waals surface area contributed by atoms with Gasteiger partial charge in [-0.15, -0.1) is 0 Å². The van der Waals surface area contributed by atoms with E-state index in [2.05, 4.69) is 93.7 Å². The van der Waals surface area contributed by atoms with Gasteiger partial charge in [0.25, 0.3) is 0 Å². The molecule has 0 aliphatic heterocycles. The molecular formula is C77H138O6. The number of allylic oxidation sites excluding steroid dienone is 12. The van der Waals surface area contributed by atoms with Crippen molar-refractivity contribution in [2.45, 2.75) is 386 Å². The van der Waals surface area contributed by atoms with Crippen molar-refractivity contribution in [3.63, 3.8) is 0 Å². The minimum atomic E-state index is -0.772. The van der Waals surface area contributed by atoms with Crippen molar-refractivity contribution < 1.29 is 28.6 Å². The summed E-state index contributed by atoms with van der Waals surface area (Å²) in [5.41, 5.74) is 0. The van der Waals surface area contributed by atoms with Gasteiger partial charge in [0.05, 0.1) is 0 Å². The van der Waals surface area contributed by atoms with E-state index in [0.717, 1.165) is 96.3 Å². The van der Waals surface area contributed by atoms with Crippen molar-refractivity contribution in [2.24, 2.45) is 0 Å². The summed E-state index contributed by atoms with van der Waals surface area (Å²) in [5.74, 6) is -0.848. The molecule has 6 nitrogen and oxygen atoms in total. The van der Waals surface area contributed by atoms with Crippen molar-refractivity contribution in [2.75, 3.05) is 13.2 Å². The maximum Gasteiger partial charge on any atom is 0.306 e. The largest absolute Gasteiger partial charge is 0.462 e. The molecule has 0 aromatic rings. The van der Waals surface area contributed by atoms with E-state index in [4.69, 9.17) is 14.2 Å². The highest BCUT2D eigenvalue weighted by Gasteiger charge is 2.19. The molecule has 0 N–H and O–H groups in total. The van der Waals surface area contributed by atoms with E-state index < -0.39 is 6.10 Å². The summed E-state index contributed by atoms with van der Waals surface area (Å²) >= 11 is 0. The standard InChI is InChI=1S/C77H138O6/c1-4-7-10-13-16-19-22-24-26-28-30-32-34-36-37-38-39-40-41-42-44-45-47-49-51-53-55-58-61-64-67-70-76(79)82-73-74(72-81-75(78)69-66-63-60-57-21-18-15-12-9-6-3)83-77(80)71-68-65-62-59-56-54-52-50-48-46-43-35-33-31-29-27-25-23-20-17-14-11-8-5-2/h7,10,16,19,24,26,30,32,36-37,39-40,74H,4-6,8-9,11-15,17-18,20-23,25,27-29,31,33-35,38,41-73H2,1-3H3/b10-7-,19-16-,26-24-,32-30-,37-36-,40-39-. The van der Waals surface area contributed by atoms with E-state index in [1.165, 1.54) is 244 Å². The number of unbranched alkanes of at least 4 members (excludes halogenated alkanes) is 44. The molecule has 0 amide bonds. The smallest absolute Gasteiger partial charge is 0.306 e. The highest BCUT2D eigenvalue weighted by atomic mass is 16.6. The summed E-state index contributed by atoms with van der Waals surface area (Å²) in [4.78, 5) is 38.4. The third-order valence-electron chi connectivity index (χ3n) is 16.2. The van der Waals surface area contributed by atoms with Crippen molar-refractivity contribution in [1.82, 2.24) is 0 Å². The lowest BCUT2D eigenvalue weighted by atomic mass is 10.0. The van der Waals surface area contributed by atoms with Crippen LogP contribution in [-0.2, 0) is 28.6 Å². The van der Waals surface area contributed by atoms with Crippen LogP contribution in [0.5, 0.6) is 0 Å². The van der Waals surface area contributed by atoms with Crippen LogP contribution in [0.1, 0.15) is 380 Å². The van der Waals surface area contributed by atoms with Gasteiger partial charge in [-0.1, -0.05) is 363 Å². The quantitative estimate of drug-likeness (QED) is 0.0261. The lowest BCUT2D eigenvalue weighted by Crippen LogP contribution is -2.30. The maximum absolute atomic E-state index is 12.9. The van der Waals surface area contributed by atoms with Crippen LogP contribution in [-0.4, -0.2) is 37.2 Å². The summed E-state index contributed by atoms with van der Waals surface area (Å²) in [6.45, 7) is 6.58. The van der Waals surface area contributed by atoms with E-state index >= 15 is 0 Å². The molecule has 6 heteroatoms. The fourth-order valence-electron chi connectivity index (χ4n) is 10.8. The number of carbonyl (C=O) groups excluding carboxylic acids is 3. The third kappa shape index (κ3) is 69.5. The Bertz CT molecular complexity index is 1520. The minimum absolute atomic E-state index is 0.0693. The molecule has 0 bridgehead atoms. The third-order valence-corrected chi connectivity index (χ3v) is 16.2. The molecule has 0 rings (SSSR count). The predicted octanol–water partition coefficient (Wildman–Crippen LogP) is 25.2. The Morgan fingerprint density at radius 3 is 0.735 bits per heavy atom. The van der Waals surface area contributed by atoms with Gasteiger partial charge in [0.15, 0.2) is 6.10 Å². The first-order valence-corrected chi connectivity index (χ1v) is 36.4. The van der Waals surface area contributed by atoms with Crippen molar-refractivity contribution in [3.05, 3.63) is 72.9 Å². The van der Waals surface area contributed by atoms with E-state index in [-0.39, 0.29) is 31.1 Å². The molecule has 1 unspecified atom stereocenters. The molecule has 0 aromatic carbocycles. The zero-order valence-electron chi connectivity index (χ0n) is 55.5. The van der Waals surface area contributed by atoms with Crippen LogP contribution in [0, 0.1) is 0 Å². The first-order valence-electron chi connectivity index (χ1n) is 36.4. The van der Waals surface area contributed by atoms with Crippen LogP contribution in [0.15, 0.2) is 72.9 Å². The molecule has 0 aliphatic rings. The van der Waals surface area contributed by atoms with Gasteiger partial charge in [-0.25, -0.2) is 0 Å². The number of hydrogen-bond acceptors (Lipinski definition) is 6. The Hall–Kier alpha value is -3.15. The summed E-state index contributed by atoms with van der Waals surface area (Å²) < 4.78 is 17.0. The maximum atomic E-state index is 12.9. The van der Waals surface area contributed by atoms with E-state index in [1.807, 2.05) is 0 Å². The number of carbonyl (C=O) groups is 3. The Morgan fingerprint density at radius 1 is 0.253 bits per heavy atom. The lowest BCUT2D eigenvalue weighted by Gasteiger charge is -2.18. The first kappa shape index (κ1) is 79.8. The molecule has 0 aliphatic carbocycles. The van der Waals surface area contributed by atoms with Crippen LogP contribution in [0.2, 0.25) is 0 Å². The van der Waals surface area contributed by atoms with Gasteiger partial charge in [0, 0.05) is 19.3 Å². The van der Waals surface area contributed by atoms with Gasteiger partial charge in [-0.2, -0.15) is 0 Å². The summed E-state index contributed by atoms with van der Waals surface area (Å²) in [6.07, 6.45) is 93.8. The van der Waals surface area contributed by atoms with Gasteiger partial charge >= 0.3 is 17.9 Å². The second-order valence-electron chi connectivity index (χ2n) is 24.5. The molecule has 0 fully saturated rings. The molecular weight excluding hydrogens is 1020 g/mol. The van der Waals surface area contributed by atoms with Crippen molar-refractivity contribution in [3.8, 4) is 0 Å². The van der Waals surface area contributed by atoms with Crippen molar-refractivity contribution >= 4 is 17.9 Å². The van der Waals surface area contributed by atoms with E-state index in [1.54, 1.807) is 0 Å². The number of rotatable bonds is 67. The highest BCUT2D eigenvalue weighted by molar-refractivity contribution is 5.71. The average Bonchev–Trinajstić information content (AvgIpc) is 3.48. The fourth-order valence-corrected chi connectivity index (χ4v) is 10.8. The summed E-state index contributed by atoms with van der Waals surface area (Å²) in [5, 5.41) is 0. The molecule has 0 saturated carbocycles. The van der Waals surface area contributed by atoms with Gasteiger partial charge in [0.2, 0.25) is 0 Å². The van der Waals surface area contributed by atoms with Crippen LogP contribution in [0.25, 0.3) is 0 Å². The van der Waals surface area contributed by atoms with E-state index in [9.17, 15) is 14.4 Å². The normalized spacial score (nSPS) is 12.5. The molecule has 0 radical (unpaired) electrons. The number of hydrogen-bond donors (Lipinski definition) is 0. The Labute approximate surface area is 516 Å². The van der Waals surface area contributed by atoms with Crippen LogP contribution >= 0.6 is 0 Å². The molecule has 1 atom stereocenters. The van der Waals surface area contributed by atoms with Crippen LogP contribution in [0.4, 0.5) is 0 Å². The molecule has 0 spiro atoms. The zero-order chi connectivity index (χ0) is 59.9. The SMILES string of the molecule is CC/C=C\C/C=C\C/C=C\C/C=C\C/C=C\C/C=C\CCCCCCCCCCCCCCC(=O)OCC(COC(=O)CCCCCCCCCCCC)OC(=O)CCCCCCCCCCCCCCCCCCCCCCCCCC. The topological polar surface area (TPSA) is 78.9 Å². The summed E-state index contributed by atoms with van der Waals surface area (Å²) in [7, 11) is 0. The molecule has 0 saturated heterocycles. The number of esters is 3. The van der Waals surface area contributed by atoms with Gasteiger partial charge in [-0.05, 0) is 70.6 Å². The Kier molecular flexibility index (Phi) is 68.6. The molecule has 0 heterocycles. The highest BCUT2D eigenvalue weighted by Crippen LogP contribution is 2.18. The van der Waals surface area contributed by atoms with Gasteiger partial charge in [-0.3, -0.25) is 14.4 Å². The zero-order valence-corrected chi connectivity index (χ0v) is 55.5. The monoisotopic (exact) mass is 1160 g/mol. The second-order valence-corrected chi connectivity index (χ2v) is 24.5. The average molecular weight is 1160 g/mol. The van der Waals surface area contributed by atoms with Crippen molar-refractivity contribution in [1.29, 1.82) is 0 Å². The van der Waals surface area contributed by atoms with Crippen LogP contribution in [0.3, 0.4) is 0 Å². The minimum Gasteiger partial charge on any atom is -0.462 e. The Balaban J connectivity index is 4.15. The second kappa shape index (κ2) is 71.3. The predicted molar refractivity (Wildman–Crippen MR) is 362 cm³/mol. The fraction of sp³-hybridized carbons (Fsp3) is 0.805. The summed E-state index contributed by atoms with van der Waals surface area (Å²) in [6, 6.07) is 0. The van der Waals surface area contributed by atoms with Gasteiger partial charge < -0.3 is 14.2 Å². The lowest BCUT2D eigenvalue weighted by molar-refractivity contribution is -0.167.